The molecule has 0 aliphatic heterocycles. The van der Waals surface area contributed by atoms with E-state index in [4.69, 9.17) is 0 Å². The van der Waals surface area contributed by atoms with Crippen molar-refractivity contribution in [2.24, 2.45) is 0 Å². The van der Waals surface area contributed by atoms with Crippen LogP contribution in [0.25, 0.3) is 11.0 Å². The molecule has 4 nitrogen and oxygen atoms in total. The van der Waals surface area contributed by atoms with Crippen LogP contribution in [0.15, 0.2) is 36.0 Å². The zero-order valence-electron chi connectivity index (χ0n) is 12.8. The van der Waals surface area contributed by atoms with Gasteiger partial charge in [0.25, 0.3) is 5.91 Å². The van der Waals surface area contributed by atoms with E-state index in [0.29, 0.717) is 6.54 Å². The number of amides is 1. The van der Waals surface area contributed by atoms with Gasteiger partial charge in [0, 0.05) is 30.9 Å². The zero-order valence-corrected chi connectivity index (χ0v) is 13.6. The first kappa shape index (κ1) is 14.8. The van der Waals surface area contributed by atoms with Crippen LogP contribution < -0.4 is 5.32 Å². The van der Waals surface area contributed by atoms with Gasteiger partial charge in [-0.1, -0.05) is 0 Å². The lowest BCUT2D eigenvalue weighted by molar-refractivity contribution is 0.0957. The summed E-state index contributed by atoms with van der Waals surface area (Å²) in [5.74, 6) is 0.0184. The number of fused-ring (bicyclic) bond motifs is 1. The van der Waals surface area contributed by atoms with Crippen LogP contribution >= 0.6 is 11.3 Å². The van der Waals surface area contributed by atoms with Crippen molar-refractivity contribution in [1.29, 1.82) is 0 Å². The molecule has 3 rings (SSSR count). The number of aryl methyl sites for hydroxylation is 2. The number of hydrogen-bond acceptors (Lipinski definition) is 3. The third-order valence-electron chi connectivity index (χ3n) is 3.81. The third kappa shape index (κ3) is 2.76. The highest BCUT2D eigenvalue weighted by Crippen LogP contribution is 2.20. The van der Waals surface area contributed by atoms with E-state index in [1.54, 1.807) is 0 Å². The summed E-state index contributed by atoms with van der Waals surface area (Å²) in [5, 5.41) is 6.13. The highest BCUT2D eigenvalue weighted by Gasteiger charge is 2.11. The molecule has 3 aromatic heterocycles. The summed E-state index contributed by atoms with van der Waals surface area (Å²) in [5.41, 5.74) is 3.28. The summed E-state index contributed by atoms with van der Waals surface area (Å²) in [4.78, 5) is 17.4. The van der Waals surface area contributed by atoms with Crippen molar-refractivity contribution in [3.8, 4) is 0 Å². The van der Waals surface area contributed by atoms with E-state index < -0.39 is 0 Å². The molecule has 1 amide bonds. The van der Waals surface area contributed by atoms with E-state index in [1.807, 2.05) is 30.6 Å². The molecule has 0 bridgehead atoms. The van der Waals surface area contributed by atoms with Gasteiger partial charge in [0.1, 0.15) is 5.65 Å². The summed E-state index contributed by atoms with van der Waals surface area (Å²) in [7, 11) is 0. The van der Waals surface area contributed by atoms with Crippen LogP contribution in [0.1, 0.15) is 27.7 Å². The molecule has 0 aromatic carbocycles. The molecule has 5 heteroatoms. The molecular formula is C17H19N3OS. The first-order valence-electron chi connectivity index (χ1n) is 7.45. The van der Waals surface area contributed by atoms with E-state index in [1.165, 1.54) is 22.3 Å². The Labute approximate surface area is 133 Å². The highest BCUT2D eigenvalue weighted by molar-refractivity contribution is 7.12. The van der Waals surface area contributed by atoms with Gasteiger partial charge in [0.2, 0.25) is 0 Å². The number of carbonyl (C=O) groups is 1. The Hall–Kier alpha value is -2.14. The monoisotopic (exact) mass is 313 g/mol. The summed E-state index contributed by atoms with van der Waals surface area (Å²) >= 11 is 1.49. The number of rotatable bonds is 5. The normalized spacial score (nSPS) is 11.0. The third-order valence-corrected chi connectivity index (χ3v) is 4.82. The van der Waals surface area contributed by atoms with Gasteiger partial charge >= 0.3 is 0 Å². The average Bonchev–Trinajstić information content (AvgIpc) is 3.11. The van der Waals surface area contributed by atoms with Crippen molar-refractivity contribution < 1.29 is 4.79 Å². The molecule has 0 saturated carbocycles. The molecule has 3 aromatic rings. The van der Waals surface area contributed by atoms with Crippen LogP contribution in [-0.2, 0) is 13.0 Å². The minimum absolute atomic E-state index is 0.0184. The summed E-state index contributed by atoms with van der Waals surface area (Å²) in [6.45, 7) is 5.60. The van der Waals surface area contributed by atoms with E-state index >= 15 is 0 Å². The number of nitrogens with one attached hydrogen (secondary N) is 1. The summed E-state index contributed by atoms with van der Waals surface area (Å²) in [6, 6.07) is 6.02. The summed E-state index contributed by atoms with van der Waals surface area (Å²) < 4.78 is 2.15. The number of pyridine rings is 1. The second-order valence-corrected chi connectivity index (χ2v) is 6.17. The number of aromatic nitrogens is 2. The number of nitrogens with zero attached hydrogens (tertiary/aromatic N) is 2. The van der Waals surface area contributed by atoms with Crippen LogP contribution in [-0.4, -0.2) is 22.0 Å². The summed E-state index contributed by atoms with van der Waals surface area (Å²) in [6.07, 6.45) is 4.77. The van der Waals surface area contributed by atoms with Crippen molar-refractivity contribution in [3.63, 3.8) is 0 Å². The Morgan fingerprint density at radius 3 is 3.00 bits per heavy atom. The highest BCUT2D eigenvalue weighted by atomic mass is 32.1. The Bertz CT molecular complexity index is 803. The molecule has 114 valence electrons. The fourth-order valence-corrected chi connectivity index (χ4v) is 3.47. The smallest absolute Gasteiger partial charge is 0.261 e. The predicted octanol–water partition coefficient (Wildman–Crippen LogP) is 3.40. The Kier molecular flexibility index (Phi) is 4.24. The van der Waals surface area contributed by atoms with Crippen molar-refractivity contribution in [1.82, 2.24) is 14.9 Å². The maximum absolute atomic E-state index is 12.1. The molecule has 0 spiro atoms. The molecular weight excluding hydrogens is 294 g/mol. The van der Waals surface area contributed by atoms with Gasteiger partial charge in [-0.2, -0.15) is 0 Å². The number of carbonyl (C=O) groups excluding carboxylic acids is 1. The molecule has 0 aliphatic carbocycles. The minimum Gasteiger partial charge on any atom is -0.351 e. The number of thiophene rings is 1. The van der Waals surface area contributed by atoms with E-state index in [9.17, 15) is 4.79 Å². The van der Waals surface area contributed by atoms with Crippen LogP contribution in [0.3, 0.4) is 0 Å². The largest absolute Gasteiger partial charge is 0.351 e. The second kappa shape index (κ2) is 6.32. The number of hydrogen-bond donors (Lipinski definition) is 1. The standard InChI is InChI=1S/C17H19N3OS/c1-3-20-11-13(14-5-4-8-18-16(14)20)6-9-19-17(21)15-12(2)7-10-22-15/h4-5,7-8,10-11H,3,6,9H2,1-2H3,(H,19,21). The molecule has 3 heterocycles. The fourth-order valence-electron chi connectivity index (χ4n) is 2.63. The Morgan fingerprint density at radius 2 is 2.27 bits per heavy atom. The minimum atomic E-state index is 0.0184. The molecule has 0 saturated heterocycles. The van der Waals surface area contributed by atoms with Gasteiger partial charge in [-0.15, -0.1) is 11.3 Å². The maximum Gasteiger partial charge on any atom is 0.261 e. The molecule has 0 atom stereocenters. The average molecular weight is 313 g/mol. The molecule has 0 aliphatic rings. The van der Waals surface area contributed by atoms with Crippen LogP contribution in [0.4, 0.5) is 0 Å². The Morgan fingerprint density at radius 1 is 1.41 bits per heavy atom. The second-order valence-electron chi connectivity index (χ2n) is 5.25. The molecule has 22 heavy (non-hydrogen) atoms. The lowest BCUT2D eigenvalue weighted by atomic mass is 10.1. The van der Waals surface area contributed by atoms with Crippen molar-refractivity contribution in [2.45, 2.75) is 26.8 Å². The lowest BCUT2D eigenvalue weighted by Gasteiger charge is -2.04. The van der Waals surface area contributed by atoms with Gasteiger partial charge < -0.3 is 9.88 Å². The van der Waals surface area contributed by atoms with Gasteiger partial charge in [-0.25, -0.2) is 4.98 Å². The van der Waals surface area contributed by atoms with Gasteiger partial charge in [0.05, 0.1) is 4.88 Å². The molecule has 0 unspecified atom stereocenters. The van der Waals surface area contributed by atoms with E-state index in [-0.39, 0.29) is 5.91 Å². The molecule has 0 radical (unpaired) electrons. The van der Waals surface area contributed by atoms with E-state index in [0.717, 1.165) is 29.1 Å². The lowest BCUT2D eigenvalue weighted by Crippen LogP contribution is -2.25. The fraction of sp³-hybridized carbons (Fsp3) is 0.294. The van der Waals surface area contributed by atoms with Gasteiger partial charge in [0.15, 0.2) is 0 Å². The van der Waals surface area contributed by atoms with Crippen LogP contribution in [0, 0.1) is 6.92 Å². The van der Waals surface area contributed by atoms with Crippen molar-refractivity contribution >= 4 is 28.3 Å². The van der Waals surface area contributed by atoms with Crippen LogP contribution in [0.2, 0.25) is 0 Å². The van der Waals surface area contributed by atoms with Crippen LogP contribution in [0.5, 0.6) is 0 Å². The first-order valence-corrected chi connectivity index (χ1v) is 8.33. The molecule has 0 fully saturated rings. The molecule has 1 N–H and O–H groups in total. The zero-order chi connectivity index (χ0) is 15.5. The quantitative estimate of drug-likeness (QED) is 0.785. The van der Waals surface area contributed by atoms with Crippen molar-refractivity contribution in [3.05, 3.63) is 52.0 Å². The topological polar surface area (TPSA) is 46.9 Å². The predicted molar refractivity (Wildman–Crippen MR) is 90.5 cm³/mol. The maximum atomic E-state index is 12.1. The SMILES string of the molecule is CCn1cc(CCNC(=O)c2sccc2C)c2cccnc21. The van der Waals surface area contributed by atoms with E-state index in [2.05, 4.69) is 34.1 Å². The Balaban J connectivity index is 1.70. The van der Waals surface area contributed by atoms with Gasteiger partial charge in [-0.05, 0) is 55.0 Å². The first-order chi connectivity index (χ1) is 10.7. The van der Waals surface area contributed by atoms with Gasteiger partial charge in [-0.3, -0.25) is 4.79 Å². The van der Waals surface area contributed by atoms with Crippen molar-refractivity contribution in [2.75, 3.05) is 6.54 Å².